The third kappa shape index (κ3) is 4.79. The Balaban J connectivity index is 0.00000256. The van der Waals surface area contributed by atoms with Crippen molar-refractivity contribution in [2.45, 2.75) is 25.7 Å². The number of alkyl halides is 3. The summed E-state index contributed by atoms with van der Waals surface area (Å²) >= 11 is 0. The lowest BCUT2D eigenvalue weighted by atomic mass is 10.0. The fourth-order valence-corrected chi connectivity index (χ4v) is 1.22. The van der Waals surface area contributed by atoms with Gasteiger partial charge in [-0.3, -0.25) is 0 Å². The Morgan fingerprint density at radius 2 is 1.94 bits per heavy atom. The molecule has 2 N–H and O–H groups in total. The van der Waals surface area contributed by atoms with Crippen molar-refractivity contribution in [1.29, 1.82) is 0 Å². The van der Waals surface area contributed by atoms with E-state index in [2.05, 4.69) is 4.74 Å². The van der Waals surface area contributed by atoms with E-state index in [1.807, 2.05) is 0 Å². The number of rotatable bonds is 3. The average Bonchev–Trinajstić information content (AvgIpc) is 2.18. The molecule has 7 heteroatoms. The zero-order valence-corrected chi connectivity index (χ0v) is 9.74. The molecule has 0 fully saturated rings. The van der Waals surface area contributed by atoms with Crippen LogP contribution in [-0.4, -0.2) is 6.36 Å². The first kappa shape index (κ1) is 16.0. The van der Waals surface area contributed by atoms with Crippen molar-refractivity contribution in [3.05, 3.63) is 29.6 Å². The highest BCUT2D eigenvalue weighted by molar-refractivity contribution is 5.85. The van der Waals surface area contributed by atoms with E-state index in [0.717, 1.165) is 18.2 Å². The standard InChI is InChI=1S/C10H11F4NO.ClH/c1-2-9(15)7-5-6(3-4-8(7)11)16-10(12,13)14;/h3-5,9H,2,15H2,1H3;1H/t9-;/m0./s1. The van der Waals surface area contributed by atoms with Crippen molar-refractivity contribution in [3.63, 3.8) is 0 Å². The molecule has 17 heavy (non-hydrogen) atoms. The van der Waals surface area contributed by atoms with Gasteiger partial charge in [0.25, 0.3) is 0 Å². The van der Waals surface area contributed by atoms with Gasteiger partial charge in [-0.25, -0.2) is 4.39 Å². The summed E-state index contributed by atoms with van der Waals surface area (Å²) in [5.41, 5.74) is 5.57. The smallest absolute Gasteiger partial charge is 0.406 e. The Bertz CT molecular complexity index is 370. The van der Waals surface area contributed by atoms with Gasteiger partial charge in [-0.05, 0) is 24.6 Å². The van der Waals surface area contributed by atoms with Crippen LogP contribution in [0.1, 0.15) is 24.9 Å². The van der Waals surface area contributed by atoms with E-state index in [1.54, 1.807) is 6.92 Å². The predicted octanol–water partition coefficient (Wildman–Crippen LogP) is 3.56. The molecule has 98 valence electrons. The van der Waals surface area contributed by atoms with Crippen LogP contribution in [0.2, 0.25) is 0 Å². The number of halogens is 5. The van der Waals surface area contributed by atoms with Gasteiger partial charge in [-0.15, -0.1) is 25.6 Å². The van der Waals surface area contributed by atoms with Crippen molar-refractivity contribution < 1.29 is 22.3 Å². The SMILES string of the molecule is CC[C@H](N)c1cc(OC(F)(F)F)ccc1F.Cl. The molecule has 0 bridgehead atoms. The molecule has 1 aromatic rings. The molecule has 0 radical (unpaired) electrons. The molecule has 0 unspecified atom stereocenters. The molecule has 0 spiro atoms. The first-order valence-corrected chi connectivity index (χ1v) is 4.64. The van der Waals surface area contributed by atoms with Gasteiger partial charge in [0.1, 0.15) is 11.6 Å². The van der Waals surface area contributed by atoms with E-state index in [9.17, 15) is 17.6 Å². The summed E-state index contributed by atoms with van der Waals surface area (Å²) in [5.74, 6) is -1.10. The van der Waals surface area contributed by atoms with Crippen LogP contribution in [0.4, 0.5) is 17.6 Å². The van der Waals surface area contributed by atoms with Crippen molar-refractivity contribution in [2.75, 3.05) is 0 Å². The predicted molar refractivity (Wildman–Crippen MR) is 57.6 cm³/mol. The molecule has 0 heterocycles. The summed E-state index contributed by atoms with van der Waals surface area (Å²) in [5, 5.41) is 0. The quantitative estimate of drug-likeness (QED) is 0.855. The van der Waals surface area contributed by atoms with E-state index in [0.29, 0.717) is 6.42 Å². The lowest BCUT2D eigenvalue weighted by molar-refractivity contribution is -0.274. The lowest BCUT2D eigenvalue weighted by Gasteiger charge is -2.13. The van der Waals surface area contributed by atoms with Crippen molar-refractivity contribution in [2.24, 2.45) is 5.73 Å². The minimum Gasteiger partial charge on any atom is -0.406 e. The maximum absolute atomic E-state index is 13.2. The topological polar surface area (TPSA) is 35.2 Å². The van der Waals surface area contributed by atoms with Gasteiger partial charge in [0.15, 0.2) is 0 Å². The number of hydrogen-bond donors (Lipinski definition) is 1. The van der Waals surface area contributed by atoms with Crippen molar-refractivity contribution >= 4 is 12.4 Å². The first-order valence-electron chi connectivity index (χ1n) is 4.64. The number of benzene rings is 1. The largest absolute Gasteiger partial charge is 0.573 e. The number of nitrogens with two attached hydrogens (primary N) is 1. The van der Waals surface area contributed by atoms with Crippen molar-refractivity contribution in [1.82, 2.24) is 0 Å². The molecular weight excluding hydrogens is 262 g/mol. The van der Waals surface area contributed by atoms with Crippen LogP contribution in [0.25, 0.3) is 0 Å². The van der Waals surface area contributed by atoms with Crippen molar-refractivity contribution in [3.8, 4) is 5.75 Å². The molecule has 1 atom stereocenters. The van der Waals surface area contributed by atoms with Crippen LogP contribution in [0.15, 0.2) is 18.2 Å². The molecule has 0 amide bonds. The summed E-state index contributed by atoms with van der Waals surface area (Å²) < 4.78 is 52.6. The Kier molecular flexibility index (Phi) is 5.71. The highest BCUT2D eigenvalue weighted by atomic mass is 35.5. The summed E-state index contributed by atoms with van der Waals surface area (Å²) in [7, 11) is 0. The van der Waals surface area contributed by atoms with E-state index in [4.69, 9.17) is 5.73 Å². The fourth-order valence-electron chi connectivity index (χ4n) is 1.22. The molecule has 1 rings (SSSR count). The molecule has 1 aromatic carbocycles. The minimum absolute atomic E-state index is 0. The van der Waals surface area contributed by atoms with Gasteiger partial charge < -0.3 is 10.5 Å². The molecule has 0 aliphatic rings. The monoisotopic (exact) mass is 273 g/mol. The van der Waals surface area contributed by atoms with Crippen LogP contribution >= 0.6 is 12.4 Å². The second kappa shape index (κ2) is 6.07. The maximum Gasteiger partial charge on any atom is 0.573 e. The maximum atomic E-state index is 13.2. The molecular formula is C10H12ClF4NO. The Hall–Kier alpha value is -1.01. The van der Waals surface area contributed by atoms with Crippen LogP contribution in [0.3, 0.4) is 0 Å². The van der Waals surface area contributed by atoms with Gasteiger partial charge in [0, 0.05) is 11.6 Å². The fraction of sp³-hybridized carbons (Fsp3) is 0.400. The van der Waals surface area contributed by atoms with Gasteiger partial charge >= 0.3 is 6.36 Å². The highest BCUT2D eigenvalue weighted by Gasteiger charge is 2.31. The van der Waals surface area contributed by atoms with Crippen LogP contribution in [-0.2, 0) is 0 Å². The normalized spacial score (nSPS) is 12.8. The Morgan fingerprint density at radius 3 is 2.41 bits per heavy atom. The van der Waals surface area contributed by atoms with E-state index < -0.39 is 24.0 Å². The van der Waals surface area contributed by atoms with E-state index >= 15 is 0 Å². The molecule has 0 aliphatic carbocycles. The molecule has 0 aromatic heterocycles. The Labute approximate surface area is 102 Å². The minimum atomic E-state index is -4.79. The molecule has 2 nitrogen and oxygen atoms in total. The van der Waals surface area contributed by atoms with E-state index in [-0.39, 0.29) is 18.0 Å². The number of hydrogen-bond acceptors (Lipinski definition) is 2. The highest BCUT2D eigenvalue weighted by Crippen LogP contribution is 2.27. The average molecular weight is 274 g/mol. The summed E-state index contributed by atoms with van der Waals surface area (Å²) in [6.45, 7) is 1.71. The summed E-state index contributed by atoms with van der Waals surface area (Å²) in [6.07, 6.45) is -4.36. The number of ether oxygens (including phenoxy) is 1. The van der Waals surface area contributed by atoms with Gasteiger partial charge in [0.05, 0.1) is 0 Å². The van der Waals surface area contributed by atoms with Gasteiger partial charge in [0.2, 0.25) is 0 Å². The van der Waals surface area contributed by atoms with E-state index in [1.165, 1.54) is 0 Å². The molecule has 0 saturated heterocycles. The zero-order chi connectivity index (χ0) is 12.3. The van der Waals surface area contributed by atoms with Gasteiger partial charge in [-0.1, -0.05) is 6.92 Å². The van der Waals surface area contributed by atoms with Crippen LogP contribution < -0.4 is 10.5 Å². The van der Waals surface area contributed by atoms with Crippen LogP contribution in [0, 0.1) is 5.82 Å². The molecule has 0 aliphatic heterocycles. The third-order valence-corrected chi connectivity index (χ3v) is 2.04. The Morgan fingerprint density at radius 1 is 1.35 bits per heavy atom. The molecule has 0 saturated carbocycles. The lowest BCUT2D eigenvalue weighted by Crippen LogP contribution is -2.18. The zero-order valence-electron chi connectivity index (χ0n) is 8.92. The summed E-state index contributed by atoms with van der Waals surface area (Å²) in [4.78, 5) is 0. The second-order valence-corrected chi connectivity index (χ2v) is 3.25. The van der Waals surface area contributed by atoms with Crippen LogP contribution in [0.5, 0.6) is 5.75 Å². The first-order chi connectivity index (χ1) is 7.33. The van der Waals surface area contributed by atoms with Gasteiger partial charge in [-0.2, -0.15) is 0 Å². The third-order valence-electron chi connectivity index (χ3n) is 2.04. The summed E-state index contributed by atoms with van der Waals surface area (Å²) in [6, 6.07) is 2.15. The second-order valence-electron chi connectivity index (χ2n) is 3.25.